The van der Waals surface area contributed by atoms with Gasteiger partial charge in [0.25, 0.3) is 0 Å². The number of rotatable bonds is 24. The van der Waals surface area contributed by atoms with Gasteiger partial charge in [-0.15, -0.1) is 0 Å². The molecule has 2 heteroatoms. The van der Waals surface area contributed by atoms with Crippen LogP contribution in [0.15, 0.2) is 60.7 Å². The lowest BCUT2D eigenvalue weighted by molar-refractivity contribution is 0.493. The van der Waals surface area contributed by atoms with Crippen molar-refractivity contribution >= 4 is 0 Å². The summed E-state index contributed by atoms with van der Waals surface area (Å²) in [6.07, 6.45) is 26.7. The van der Waals surface area contributed by atoms with Crippen molar-refractivity contribution in [1.82, 2.24) is 0 Å². The second-order valence-electron chi connectivity index (χ2n) is 13.0. The van der Waals surface area contributed by atoms with E-state index in [1.54, 1.807) is 0 Å². The van der Waals surface area contributed by atoms with Crippen LogP contribution in [0.4, 0.5) is 8.78 Å². The molecule has 0 N–H and O–H groups in total. The number of benzene rings is 3. The molecule has 0 spiro atoms. The van der Waals surface area contributed by atoms with Gasteiger partial charge in [-0.25, -0.2) is 8.78 Å². The summed E-state index contributed by atoms with van der Waals surface area (Å²) in [5.74, 6) is -1.31. The van der Waals surface area contributed by atoms with Gasteiger partial charge in [0.05, 0.1) is 0 Å². The molecule has 0 bridgehead atoms. The molecule has 3 aromatic carbocycles. The molecule has 0 amide bonds. The largest absolute Gasteiger partial charge is 0.203 e. The summed E-state index contributed by atoms with van der Waals surface area (Å²) in [4.78, 5) is 0. The van der Waals surface area contributed by atoms with E-state index in [9.17, 15) is 0 Å². The fraction of sp³-hybridized carbons (Fsp3) is 0.571. The number of halogens is 2. The van der Waals surface area contributed by atoms with Crippen LogP contribution in [0.1, 0.15) is 153 Å². The Bertz CT molecular complexity index is 1150. The summed E-state index contributed by atoms with van der Waals surface area (Å²) in [6, 6.07) is 20.1. The van der Waals surface area contributed by atoms with Crippen molar-refractivity contribution in [3.05, 3.63) is 83.4 Å². The van der Waals surface area contributed by atoms with Gasteiger partial charge in [0.2, 0.25) is 0 Å². The second-order valence-corrected chi connectivity index (χ2v) is 13.0. The van der Waals surface area contributed by atoms with E-state index in [0.717, 1.165) is 54.4 Å². The number of unbranched alkanes of at least 4 members (excludes halogenated alkanes) is 18. The van der Waals surface area contributed by atoms with Crippen LogP contribution in [0, 0.1) is 11.6 Å². The van der Waals surface area contributed by atoms with E-state index in [4.69, 9.17) is 0 Å². The van der Waals surface area contributed by atoms with Crippen LogP contribution in [0.2, 0.25) is 0 Å². The van der Waals surface area contributed by atoms with Gasteiger partial charge in [-0.2, -0.15) is 0 Å². The summed E-state index contributed by atoms with van der Waals surface area (Å²) in [6.45, 7) is 4.52. The zero-order chi connectivity index (χ0) is 31.2. The third-order valence-electron chi connectivity index (χ3n) is 9.28. The van der Waals surface area contributed by atoms with Gasteiger partial charge >= 0.3 is 0 Å². The molecule has 0 atom stereocenters. The lowest BCUT2D eigenvalue weighted by Crippen LogP contribution is -2.05. The normalized spacial score (nSPS) is 11.4. The molecule has 3 rings (SSSR count). The average Bonchev–Trinajstić information content (AvgIpc) is 3.06. The minimum absolute atomic E-state index is 0.399. The lowest BCUT2D eigenvalue weighted by atomic mass is 9.91. The standard InChI is InChI=1S/C42H60F2/c1-3-5-7-9-11-13-15-17-19-22-28-38-34-40(37-32-30-36(31-33-37)35-26-23-21-24-27-35)42(44)41(43)39(38)29-25-20-18-16-14-12-10-8-6-4-2/h21,23-24,26-27,30-34H,3-20,22,25,28-29H2,1-2H3. The Morgan fingerprint density at radius 3 is 1.32 bits per heavy atom. The van der Waals surface area contributed by atoms with Gasteiger partial charge in [0, 0.05) is 5.56 Å². The van der Waals surface area contributed by atoms with Gasteiger partial charge in [0.1, 0.15) is 0 Å². The van der Waals surface area contributed by atoms with E-state index in [1.165, 1.54) is 103 Å². The molecular formula is C42H60F2. The molecule has 0 unspecified atom stereocenters. The third-order valence-corrected chi connectivity index (χ3v) is 9.28. The molecule has 0 aliphatic heterocycles. The van der Waals surface area contributed by atoms with Crippen molar-refractivity contribution in [3.63, 3.8) is 0 Å². The maximum absolute atomic E-state index is 15.8. The molecule has 0 saturated carbocycles. The molecule has 3 aromatic rings. The van der Waals surface area contributed by atoms with Crippen LogP contribution < -0.4 is 0 Å². The highest BCUT2D eigenvalue weighted by atomic mass is 19.2. The van der Waals surface area contributed by atoms with Crippen LogP contribution >= 0.6 is 0 Å². The Morgan fingerprint density at radius 1 is 0.409 bits per heavy atom. The maximum atomic E-state index is 15.8. The van der Waals surface area contributed by atoms with E-state index < -0.39 is 11.6 Å². The molecule has 242 valence electrons. The Morgan fingerprint density at radius 2 is 0.818 bits per heavy atom. The zero-order valence-corrected chi connectivity index (χ0v) is 28.1. The van der Waals surface area contributed by atoms with E-state index in [-0.39, 0.29) is 0 Å². The average molecular weight is 603 g/mol. The van der Waals surface area contributed by atoms with Gasteiger partial charge < -0.3 is 0 Å². The minimum Gasteiger partial charge on any atom is -0.203 e. The van der Waals surface area contributed by atoms with Crippen LogP contribution in [-0.4, -0.2) is 0 Å². The fourth-order valence-corrected chi connectivity index (χ4v) is 6.48. The van der Waals surface area contributed by atoms with E-state index in [0.29, 0.717) is 17.5 Å². The first-order valence-electron chi connectivity index (χ1n) is 18.3. The number of aryl methyl sites for hydroxylation is 1. The molecule has 0 nitrogen and oxygen atoms in total. The summed E-state index contributed by atoms with van der Waals surface area (Å²) in [7, 11) is 0. The lowest BCUT2D eigenvalue weighted by Gasteiger charge is -2.16. The van der Waals surface area contributed by atoms with Crippen molar-refractivity contribution in [1.29, 1.82) is 0 Å². The second kappa shape index (κ2) is 22.1. The monoisotopic (exact) mass is 602 g/mol. The van der Waals surface area contributed by atoms with Crippen molar-refractivity contribution in [2.45, 2.75) is 155 Å². The molecule has 0 heterocycles. The topological polar surface area (TPSA) is 0 Å². The number of hydrogen-bond acceptors (Lipinski definition) is 0. The van der Waals surface area contributed by atoms with Gasteiger partial charge in [-0.05, 0) is 59.6 Å². The summed E-state index contributed by atoms with van der Waals surface area (Å²) in [5.41, 5.74) is 4.99. The molecule has 0 aromatic heterocycles. The molecule has 0 aliphatic rings. The van der Waals surface area contributed by atoms with Crippen LogP contribution in [0.3, 0.4) is 0 Å². The van der Waals surface area contributed by atoms with Crippen molar-refractivity contribution in [3.8, 4) is 22.3 Å². The first kappa shape index (κ1) is 36.0. The summed E-state index contributed by atoms with van der Waals surface area (Å²) in [5, 5.41) is 0. The molecule has 44 heavy (non-hydrogen) atoms. The van der Waals surface area contributed by atoms with Gasteiger partial charge in [0.15, 0.2) is 11.6 Å². The summed E-state index contributed by atoms with van der Waals surface area (Å²) < 4.78 is 31.4. The quantitative estimate of drug-likeness (QED) is 0.0895. The first-order chi connectivity index (χ1) is 21.7. The Balaban J connectivity index is 1.61. The number of hydrogen-bond donors (Lipinski definition) is 0. The Labute approximate surface area is 269 Å². The maximum Gasteiger partial charge on any atom is 0.166 e. The highest BCUT2D eigenvalue weighted by Gasteiger charge is 2.19. The predicted molar refractivity (Wildman–Crippen MR) is 188 cm³/mol. The Hall–Kier alpha value is -2.48. The van der Waals surface area contributed by atoms with Gasteiger partial charge in [-0.1, -0.05) is 184 Å². The van der Waals surface area contributed by atoms with E-state index in [1.807, 2.05) is 48.5 Å². The van der Waals surface area contributed by atoms with Crippen molar-refractivity contribution in [2.24, 2.45) is 0 Å². The zero-order valence-electron chi connectivity index (χ0n) is 28.1. The molecule has 0 saturated heterocycles. The first-order valence-corrected chi connectivity index (χ1v) is 18.3. The highest BCUT2D eigenvalue weighted by Crippen LogP contribution is 2.33. The fourth-order valence-electron chi connectivity index (χ4n) is 6.48. The predicted octanol–water partition coefficient (Wildman–Crippen LogP) is 14.2. The molecular weight excluding hydrogens is 542 g/mol. The highest BCUT2D eigenvalue weighted by molar-refractivity contribution is 5.71. The molecule has 0 aliphatic carbocycles. The SMILES string of the molecule is CCCCCCCCCCCCc1cc(-c2ccc(-c3ccccc3)cc2)c(F)c(F)c1CCCCCCCCCCCC. The van der Waals surface area contributed by atoms with Crippen LogP contribution in [0.25, 0.3) is 22.3 Å². The van der Waals surface area contributed by atoms with Crippen LogP contribution in [-0.2, 0) is 12.8 Å². The van der Waals surface area contributed by atoms with Crippen molar-refractivity contribution in [2.75, 3.05) is 0 Å². The Kier molecular flexibility index (Phi) is 18.1. The van der Waals surface area contributed by atoms with E-state index in [2.05, 4.69) is 26.0 Å². The van der Waals surface area contributed by atoms with Crippen LogP contribution in [0.5, 0.6) is 0 Å². The van der Waals surface area contributed by atoms with E-state index >= 15 is 8.78 Å². The van der Waals surface area contributed by atoms with Crippen molar-refractivity contribution < 1.29 is 8.78 Å². The smallest absolute Gasteiger partial charge is 0.166 e. The molecule has 0 radical (unpaired) electrons. The minimum atomic E-state index is -0.689. The summed E-state index contributed by atoms with van der Waals surface area (Å²) >= 11 is 0. The van der Waals surface area contributed by atoms with Gasteiger partial charge in [-0.3, -0.25) is 0 Å². The molecule has 0 fully saturated rings. The third kappa shape index (κ3) is 12.9.